The quantitative estimate of drug-likeness (QED) is 0.706. The standard InChI is InChI=1S/C11H17NO/c1-9(13-4)10-5-7-11(8-6-10)12(2)3/h5-9H,1-4H3. The van der Waals surface area contributed by atoms with Gasteiger partial charge in [-0.25, -0.2) is 0 Å². The van der Waals surface area contributed by atoms with E-state index in [0.29, 0.717) is 0 Å². The minimum Gasteiger partial charge on any atom is -0.378 e. The Morgan fingerprint density at radius 2 is 1.69 bits per heavy atom. The highest BCUT2D eigenvalue weighted by molar-refractivity contribution is 5.46. The van der Waals surface area contributed by atoms with Gasteiger partial charge in [-0.05, 0) is 24.6 Å². The molecule has 0 aliphatic rings. The lowest BCUT2D eigenvalue weighted by molar-refractivity contribution is 0.119. The van der Waals surface area contributed by atoms with Gasteiger partial charge < -0.3 is 9.64 Å². The maximum atomic E-state index is 5.22. The number of benzene rings is 1. The maximum absolute atomic E-state index is 5.22. The smallest absolute Gasteiger partial charge is 0.0793 e. The number of ether oxygens (including phenoxy) is 1. The van der Waals surface area contributed by atoms with E-state index in [1.807, 2.05) is 21.0 Å². The fourth-order valence-corrected chi connectivity index (χ4v) is 1.18. The van der Waals surface area contributed by atoms with Crippen LogP contribution in [0.1, 0.15) is 18.6 Å². The molecular formula is C11H17NO. The molecule has 0 aromatic heterocycles. The highest BCUT2D eigenvalue weighted by Gasteiger charge is 2.02. The van der Waals surface area contributed by atoms with Crippen LogP contribution in [0.2, 0.25) is 0 Å². The Labute approximate surface area is 80.1 Å². The van der Waals surface area contributed by atoms with Gasteiger partial charge in [-0.15, -0.1) is 0 Å². The molecule has 2 heteroatoms. The lowest BCUT2D eigenvalue weighted by Gasteiger charge is -2.14. The largest absolute Gasteiger partial charge is 0.378 e. The van der Waals surface area contributed by atoms with E-state index in [0.717, 1.165) is 0 Å². The van der Waals surface area contributed by atoms with Crippen molar-refractivity contribution in [3.05, 3.63) is 29.8 Å². The van der Waals surface area contributed by atoms with Crippen LogP contribution in [0, 0.1) is 0 Å². The average Bonchev–Trinajstić information content (AvgIpc) is 2.17. The molecule has 0 radical (unpaired) electrons. The predicted octanol–water partition coefficient (Wildman–Crippen LogP) is 2.46. The summed E-state index contributed by atoms with van der Waals surface area (Å²) >= 11 is 0. The van der Waals surface area contributed by atoms with E-state index in [2.05, 4.69) is 29.2 Å². The van der Waals surface area contributed by atoms with Gasteiger partial charge in [-0.1, -0.05) is 12.1 Å². The van der Waals surface area contributed by atoms with Gasteiger partial charge in [-0.3, -0.25) is 0 Å². The summed E-state index contributed by atoms with van der Waals surface area (Å²) in [5.74, 6) is 0. The van der Waals surface area contributed by atoms with E-state index >= 15 is 0 Å². The third kappa shape index (κ3) is 2.46. The molecule has 2 nitrogen and oxygen atoms in total. The van der Waals surface area contributed by atoms with Gasteiger partial charge in [-0.2, -0.15) is 0 Å². The number of hydrogen-bond donors (Lipinski definition) is 0. The minimum atomic E-state index is 0.177. The molecule has 72 valence electrons. The first-order chi connectivity index (χ1) is 6.15. The van der Waals surface area contributed by atoms with Crippen molar-refractivity contribution in [2.24, 2.45) is 0 Å². The van der Waals surface area contributed by atoms with Crippen molar-refractivity contribution in [3.63, 3.8) is 0 Å². The van der Waals surface area contributed by atoms with Gasteiger partial charge in [0.1, 0.15) is 0 Å². The molecule has 1 aromatic carbocycles. The average molecular weight is 179 g/mol. The molecule has 0 N–H and O–H groups in total. The van der Waals surface area contributed by atoms with E-state index in [1.54, 1.807) is 7.11 Å². The molecule has 1 atom stereocenters. The Balaban J connectivity index is 2.81. The van der Waals surface area contributed by atoms with E-state index in [4.69, 9.17) is 4.74 Å². The van der Waals surface area contributed by atoms with Gasteiger partial charge in [0, 0.05) is 26.9 Å². The molecule has 0 heterocycles. The fraction of sp³-hybridized carbons (Fsp3) is 0.455. The van der Waals surface area contributed by atoms with Crippen LogP contribution in [-0.2, 0) is 4.74 Å². The molecular weight excluding hydrogens is 162 g/mol. The molecule has 0 aliphatic heterocycles. The zero-order valence-corrected chi connectivity index (χ0v) is 8.74. The summed E-state index contributed by atoms with van der Waals surface area (Å²) in [4.78, 5) is 2.08. The van der Waals surface area contributed by atoms with E-state index in [-0.39, 0.29) is 6.10 Å². The van der Waals surface area contributed by atoms with Crippen LogP contribution >= 0.6 is 0 Å². The summed E-state index contributed by atoms with van der Waals surface area (Å²) in [7, 11) is 5.80. The lowest BCUT2D eigenvalue weighted by Crippen LogP contribution is -2.08. The van der Waals surface area contributed by atoms with Crippen LogP contribution < -0.4 is 4.90 Å². The van der Waals surface area contributed by atoms with E-state index in [9.17, 15) is 0 Å². The van der Waals surface area contributed by atoms with Crippen LogP contribution in [0.5, 0.6) is 0 Å². The van der Waals surface area contributed by atoms with Gasteiger partial charge in [0.15, 0.2) is 0 Å². The zero-order valence-electron chi connectivity index (χ0n) is 8.74. The van der Waals surface area contributed by atoms with E-state index < -0.39 is 0 Å². The molecule has 1 rings (SSSR count). The first-order valence-electron chi connectivity index (χ1n) is 4.45. The molecule has 0 fully saturated rings. The van der Waals surface area contributed by atoms with Gasteiger partial charge >= 0.3 is 0 Å². The first kappa shape index (κ1) is 10.1. The molecule has 0 spiro atoms. The number of rotatable bonds is 3. The lowest BCUT2D eigenvalue weighted by atomic mass is 10.1. The highest BCUT2D eigenvalue weighted by Crippen LogP contribution is 2.19. The predicted molar refractivity (Wildman–Crippen MR) is 56.2 cm³/mol. The molecule has 13 heavy (non-hydrogen) atoms. The summed E-state index contributed by atoms with van der Waals surface area (Å²) in [5.41, 5.74) is 2.43. The van der Waals surface area contributed by atoms with Crippen molar-refractivity contribution >= 4 is 5.69 Å². The molecule has 1 unspecified atom stereocenters. The van der Waals surface area contributed by atoms with Gasteiger partial charge in [0.05, 0.1) is 6.10 Å². The van der Waals surface area contributed by atoms with Crippen molar-refractivity contribution in [1.29, 1.82) is 0 Å². The third-order valence-corrected chi connectivity index (χ3v) is 2.23. The van der Waals surface area contributed by atoms with Crippen molar-refractivity contribution in [2.75, 3.05) is 26.1 Å². The number of anilines is 1. The van der Waals surface area contributed by atoms with Crippen LogP contribution in [0.15, 0.2) is 24.3 Å². The second-order valence-electron chi connectivity index (χ2n) is 3.36. The van der Waals surface area contributed by atoms with Crippen LogP contribution in [0.4, 0.5) is 5.69 Å². The minimum absolute atomic E-state index is 0.177. The summed E-state index contributed by atoms with van der Waals surface area (Å²) in [6, 6.07) is 8.41. The topological polar surface area (TPSA) is 12.5 Å². The van der Waals surface area contributed by atoms with Gasteiger partial charge in [0.2, 0.25) is 0 Å². The molecule has 0 saturated heterocycles. The fourth-order valence-electron chi connectivity index (χ4n) is 1.18. The first-order valence-corrected chi connectivity index (χ1v) is 4.45. The molecule has 1 aromatic rings. The van der Waals surface area contributed by atoms with Crippen molar-refractivity contribution in [2.45, 2.75) is 13.0 Å². The number of hydrogen-bond acceptors (Lipinski definition) is 2. The normalized spacial score (nSPS) is 12.6. The second-order valence-corrected chi connectivity index (χ2v) is 3.36. The monoisotopic (exact) mass is 179 g/mol. The molecule has 0 bridgehead atoms. The Kier molecular flexibility index (Phi) is 3.32. The second kappa shape index (κ2) is 4.28. The van der Waals surface area contributed by atoms with Crippen molar-refractivity contribution in [3.8, 4) is 0 Å². The third-order valence-electron chi connectivity index (χ3n) is 2.23. The SMILES string of the molecule is COC(C)c1ccc(N(C)C)cc1. The Morgan fingerprint density at radius 1 is 1.15 bits per heavy atom. The summed E-state index contributed by atoms with van der Waals surface area (Å²) < 4.78 is 5.22. The highest BCUT2D eigenvalue weighted by atomic mass is 16.5. The van der Waals surface area contributed by atoms with Crippen molar-refractivity contribution in [1.82, 2.24) is 0 Å². The van der Waals surface area contributed by atoms with Gasteiger partial charge in [0.25, 0.3) is 0 Å². The molecule has 0 saturated carbocycles. The summed E-state index contributed by atoms with van der Waals surface area (Å²) in [6.07, 6.45) is 0.177. The maximum Gasteiger partial charge on any atom is 0.0793 e. The van der Waals surface area contributed by atoms with Crippen LogP contribution in [-0.4, -0.2) is 21.2 Å². The Morgan fingerprint density at radius 3 is 2.08 bits per heavy atom. The Hall–Kier alpha value is -1.02. The number of methoxy groups -OCH3 is 1. The van der Waals surface area contributed by atoms with Crippen LogP contribution in [0.3, 0.4) is 0 Å². The summed E-state index contributed by atoms with van der Waals surface area (Å²) in [5, 5.41) is 0. The van der Waals surface area contributed by atoms with Crippen molar-refractivity contribution < 1.29 is 4.74 Å². The summed E-state index contributed by atoms with van der Waals surface area (Å²) in [6.45, 7) is 2.05. The number of nitrogens with zero attached hydrogens (tertiary/aromatic N) is 1. The zero-order chi connectivity index (χ0) is 9.84. The Bertz CT molecular complexity index is 253. The van der Waals surface area contributed by atoms with E-state index in [1.165, 1.54) is 11.3 Å². The molecule has 0 aliphatic carbocycles. The molecule has 0 amide bonds. The van der Waals surface area contributed by atoms with Crippen LogP contribution in [0.25, 0.3) is 0 Å².